The number of rotatable bonds is 4. The summed E-state index contributed by atoms with van der Waals surface area (Å²) in [6, 6.07) is 22.2. The van der Waals surface area contributed by atoms with Crippen molar-refractivity contribution in [2.75, 3.05) is 13.1 Å². The van der Waals surface area contributed by atoms with Gasteiger partial charge in [0, 0.05) is 11.9 Å². The Morgan fingerprint density at radius 3 is 2.17 bits per heavy atom. The summed E-state index contributed by atoms with van der Waals surface area (Å²) in [4.78, 5) is 4.76. The largest absolute Gasteiger partial charge is 0.317 e. The van der Waals surface area contributed by atoms with E-state index >= 15 is 0 Å². The van der Waals surface area contributed by atoms with Gasteiger partial charge in [0.2, 0.25) is 0 Å². The summed E-state index contributed by atoms with van der Waals surface area (Å²) in [5.41, 5.74) is 8.24. The minimum absolute atomic E-state index is 0.568. The number of pyridine rings is 1. The van der Waals surface area contributed by atoms with Crippen LogP contribution in [-0.4, -0.2) is 18.1 Å². The zero-order valence-electron chi connectivity index (χ0n) is 18.0. The molecule has 1 aromatic heterocycles. The fraction of sp³-hybridized carbons (Fsp3) is 0.393. The van der Waals surface area contributed by atoms with Crippen molar-refractivity contribution in [2.24, 2.45) is 11.3 Å². The Kier molecular flexibility index (Phi) is 5.43. The van der Waals surface area contributed by atoms with Crippen LogP contribution in [0.3, 0.4) is 0 Å². The Morgan fingerprint density at radius 2 is 1.47 bits per heavy atom. The van der Waals surface area contributed by atoms with Crippen LogP contribution in [0.2, 0.25) is 0 Å². The predicted molar refractivity (Wildman–Crippen MR) is 125 cm³/mol. The highest BCUT2D eigenvalue weighted by Crippen LogP contribution is 2.50. The Labute approximate surface area is 180 Å². The summed E-state index contributed by atoms with van der Waals surface area (Å²) in [6.45, 7) is 4.51. The third kappa shape index (κ3) is 3.94. The summed E-state index contributed by atoms with van der Waals surface area (Å²) >= 11 is 0. The van der Waals surface area contributed by atoms with Gasteiger partial charge in [0.1, 0.15) is 0 Å². The molecule has 0 radical (unpaired) electrons. The smallest absolute Gasteiger partial charge is 0.0412 e. The predicted octanol–water partition coefficient (Wildman–Crippen LogP) is 6.44. The van der Waals surface area contributed by atoms with Crippen LogP contribution in [0.25, 0.3) is 22.3 Å². The zero-order chi connectivity index (χ0) is 20.4. The van der Waals surface area contributed by atoms with Crippen LogP contribution in [0.1, 0.15) is 43.4 Å². The van der Waals surface area contributed by atoms with Crippen LogP contribution in [0, 0.1) is 18.3 Å². The highest BCUT2D eigenvalue weighted by Gasteiger charge is 2.43. The number of nitrogens with zero attached hydrogens (tertiary/aromatic N) is 1. The molecule has 1 saturated carbocycles. The van der Waals surface area contributed by atoms with E-state index in [0.29, 0.717) is 5.41 Å². The topological polar surface area (TPSA) is 24.9 Å². The fourth-order valence-electron chi connectivity index (χ4n) is 5.74. The second-order valence-electron chi connectivity index (χ2n) is 9.38. The van der Waals surface area contributed by atoms with E-state index in [2.05, 4.69) is 72.9 Å². The van der Waals surface area contributed by atoms with Gasteiger partial charge in [-0.1, -0.05) is 60.5 Å². The Morgan fingerprint density at radius 1 is 0.833 bits per heavy atom. The number of benzene rings is 2. The van der Waals surface area contributed by atoms with E-state index in [-0.39, 0.29) is 0 Å². The average Bonchev–Trinajstić information content (AvgIpc) is 3.16. The van der Waals surface area contributed by atoms with Crippen LogP contribution in [0.15, 0.2) is 66.9 Å². The van der Waals surface area contributed by atoms with E-state index in [1.165, 1.54) is 78.7 Å². The van der Waals surface area contributed by atoms with Gasteiger partial charge in [-0.15, -0.1) is 0 Å². The monoisotopic (exact) mass is 396 g/mol. The number of nitrogens with one attached hydrogen (secondary N) is 1. The Balaban J connectivity index is 1.34. The van der Waals surface area contributed by atoms with E-state index in [0.717, 1.165) is 12.3 Å². The van der Waals surface area contributed by atoms with Gasteiger partial charge < -0.3 is 5.32 Å². The van der Waals surface area contributed by atoms with Gasteiger partial charge in [-0.2, -0.15) is 0 Å². The summed E-state index contributed by atoms with van der Waals surface area (Å²) in [5.74, 6) is 0.797. The number of hydrogen-bond donors (Lipinski definition) is 1. The molecular formula is C28H32N2. The molecule has 0 amide bonds. The van der Waals surface area contributed by atoms with E-state index in [1.54, 1.807) is 0 Å². The Bertz CT molecular complexity index is 982. The highest BCUT2D eigenvalue weighted by molar-refractivity contribution is 5.70. The van der Waals surface area contributed by atoms with Crippen molar-refractivity contribution >= 4 is 0 Å². The Hall–Kier alpha value is -2.45. The molecule has 2 nitrogen and oxygen atoms in total. The van der Waals surface area contributed by atoms with E-state index in [4.69, 9.17) is 4.98 Å². The maximum atomic E-state index is 4.76. The molecule has 154 valence electrons. The summed E-state index contributed by atoms with van der Waals surface area (Å²) in [6.07, 6.45) is 10.0. The molecular weight excluding hydrogens is 364 g/mol. The molecule has 1 spiro atoms. The van der Waals surface area contributed by atoms with Crippen molar-refractivity contribution in [2.45, 2.75) is 45.4 Å². The molecule has 1 atom stereocenters. The fourth-order valence-corrected chi connectivity index (χ4v) is 5.74. The lowest BCUT2D eigenvalue weighted by molar-refractivity contribution is 0.136. The van der Waals surface area contributed by atoms with Crippen molar-refractivity contribution in [1.82, 2.24) is 10.3 Å². The first-order valence-electron chi connectivity index (χ1n) is 11.6. The lowest BCUT2D eigenvalue weighted by atomic mass is 9.69. The molecule has 30 heavy (non-hydrogen) atoms. The van der Waals surface area contributed by atoms with E-state index in [9.17, 15) is 0 Å². The molecule has 2 heterocycles. The van der Waals surface area contributed by atoms with Crippen LogP contribution in [-0.2, 0) is 6.42 Å². The van der Waals surface area contributed by atoms with Gasteiger partial charge in [0.25, 0.3) is 0 Å². The molecule has 2 aliphatic rings. The van der Waals surface area contributed by atoms with Gasteiger partial charge in [-0.25, -0.2) is 0 Å². The third-order valence-electron chi connectivity index (χ3n) is 7.57. The molecule has 5 rings (SSSR count). The summed E-state index contributed by atoms with van der Waals surface area (Å²) in [7, 11) is 0. The second kappa shape index (κ2) is 8.35. The molecule has 0 bridgehead atoms. The highest BCUT2D eigenvalue weighted by atomic mass is 14.9. The molecule has 2 fully saturated rings. The molecule has 1 aliphatic carbocycles. The van der Waals surface area contributed by atoms with E-state index < -0.39 is 0 Å². The lowest BCUT2D eigenvalue weighted by Crippen LogP contribution is -2.39. The van der Waals surface area contributed by atoms with Crippen LogP contribution in [0.4, 0.5) is 0 Å². The van der Waals surface area contributed by atoms with Crippen LogP contribution < -0.4 is 5.32 Å². The molecule has 1 aliphatic heterocycles. The lowest BCUT2D eigenvalue weighted by Gasteiger charge is -2.39. The number of aryl methyl sites for hydroxylation is 1. The van der Waals surface area contributed by atoms with Gasteiger partial charge >= 0.3 is 0 Å². The van der Waals surface area contributed by atoms with E-state index in [1.807, 2.05) is 6.20 Å². The maximum Gasteiger partial charge on any atom is 0.0412 e. The quantitative estimate of drug-likeness (QED) is 0.549. The molecule has 2 heteroatoms. The van der Waals surface area contributed by atoms with Crippen LogP contribution >= 0.6 is 0 Å². The van der Waals surface area contributed by atoms with Crippen molar-refractivity contribution in [3.63, 3.8) is 0 Å². The second-order valence-corrected chi connectivity index (χ2v) is 9.38. The maximum absolute atomic E-state index is 4.76. The normalized spacial score (nSPS) is 20.5. The standard InChI is InChI=1S/C28H32N2/c1-21-4-6-22(7-5-21)23-8-10-24(11-9-23)25-12-16-30-27(19-25)20-26-3-2-13-28(26)14-17-29-18-15-28/h4-12,16,19,26,29H,2-3,13-15,17-18,20H2,1H3. The first-order chi connectivity index (χ1) is 14.7. The van der Waals surface area contributed by atoms with Gasteiger partial charge in [0.05, 0.1) is 0 Å². The van der Waals surface area contributed by atoms with Gasteiger partial charge in [-0.05, 0) is 97.8 Å². The molecule has 2 aromatic carbocycles. The zero-order valence-corrected chi connectivity index (χ0v) is 18.0. The first-order valence-corrected chi connectivity index (χ1v) is 11.6. The van der Waals surface area contributed by atoms with Gasteiger partial charge in [-0.3, -0.25) is 4.98 Å². The third-order valence-corrected chi connectivity index (χ3v) is 7.57. The minimum atomic E-state index is 0.568. The minimum Gasteiger partial charge on any atom is -0.317 e. The number of aromatic nitrogens is 1. The first kappa shape index (κ1) is 19.5. The van der Waals surface area contributed by atoms with Crippen molar-refractivity contribution in [1.29, 1.82) is 0 Å². The van der Waals surface area contributed by atoms with Crippen molar-refractivity contribution < 1.29 is 0 Å². The number of hydrogen-bond acceptors (Lipinski definition) is 2. The molecule has 3 aromatic rings. The molecule has 1 unspecified atom stereocenters. The van der Waals surface area contributed by atoms with Gasteiger partial charge in [0.15, 0.2) is 0 Å². The number of piperidine rings is 1. The average molecular weight is 397 g/mol. The SMILES string of the molecule is Cc1ccc(-c2ccc(-c3ccnc(CC4CCCC45CCNCC5)c3)cc2)cc1. The van der Waals surface area contributed by atoms with Crippen molar-refractivity contribution in [3.8, 4) is 22.3 Å². The summed E-state index contributed by atoms with van der Waals surface area (Å²) < 4.78 is 0. The van der Waals surface area contributed by atoms with Crippen LogP contribution in [0.5, 0.6) is 0 Å². The summed E-state index contributed by atoms with van der Waals surface area (Å²) in [5, 5.41) is 3.55. The van der Waals surface area contributed by atoms with Crippen molar-refractivity contribution in [3.05, 3.63) is 78.1 Å². The molecule has 1 saturated heterocycles. The molecule has 1 N–H and O–H groups in total.